The van der Waals surface area contributed by atoms with Crippen molar-refractivity contribution in [1.82, 2.24) is 19.6 Å². The Morgan fingerprint density at radius 2 is 2.27 bits per heavy atom. The molecule has 0 fully saturated rings. The molecule has 0 aliphatic rings. The predicted molar refractivity (Wildman–Crippen MR) is 56.2 cm³/mol. The largest absolute Gasteiger partial charge is 0.423 e. The van der Waals surface area contributed by atoms with E-state index >= 15 is 0 Å². The number of pyridine rings is 1. The lowest BCUT2D eigenvalue weighted by atomic mass is 10.3. The Kier molecular flexibility index (Phi) is 1.81. The van der Waals surface area contributed by atoms with Gasteiger partial charge in [0.2, 0.25) is 12.3 Å². The second-order valence-corrected chi connectivity index (χ2v) is 3.78. The third kappa shape index (κ3) is 1.33. The summed E-state index contributed by atoms with van der Waals surface area (Å²) in [6.45, 7) is 0. The molecule has 0 saturated heterocycles. The quantitative estimate of drug-likeness (QED) is 0.676. The molecule has 6 heteroatoms. The Labute approximate surface area is 92.9 Å². The number of hydrogen-bond acceptors (Lipinski definition) is 4. The van der Waals surface area contributed by atoms with Gasteiger partial charge in [0.15, 0.2) is 0 Å². The molecule has 0 radical (unpaired) electrons. The van der Waals surface area contributed by atoms with Crippen molar-refractivity contribution in [2.45, 2.75) is 0 Å². The van der Waals surface area contributed by atoms with E-state index in [2.05, 4.69) is 31.1 Å². The molecule has 0 aliphatic heterocycles. The van der Waals surface area contributed by atoms with Crippen molar-refractivity contribution in [1.29, 1.82) is 0 Å². The third-order valence-corrected chi connectivity index (χ3v) is 2.65. The molecule has 0 aromatic carbocycles. The van der Waals surface area contributed by atoms with Crippen LogP contribution in [0.25, 0.3) is 17.1 Å². The van der Waals surface area contributed by atoms with Gasteiger partial charge in [-0.25, -0.2) is 4.98 Å². The second-order valence-electron chi connectivity index (χ2n) is 2.97. The van der Waals surface area contributed by atoms with Crippen LogP contribution in [-0.4, -0.2) is 19.6 Å². The lowest BCUT2D eigenvalue weighted by Gasteiger charge is -1.97. The number of rotatable bonds is 1. The van der Waals surface area contributed by atoms with E-state index in [0.29, 0.717) is 5.89 Å². The van der Waals surface area contributed by atoms with E-state index in [1.165, 1.54) is 6.39 Å². The number of aromatic nitrogens is 4. The fraction of sp³-hybridized carbons (Fsp3) is 0. The normalized spacial score (nSPS) is 11.0. The first-order chi connectivity index (χ1) is 7.34. The van der Waals surface area contributed by atoms with E-state index in [4.69, 9.17) is 4.42 Å². The van der Waals surface area contributed by atoms with Crippen LogP contribution < -0.4 is 0 Å². The average Bonchev–Trinajstić information content (AvgIpc) is 2.88. The van der Waals surface area contributed by atoms with Crippen LogP contribution in [0.2, 0.25) is 0 Å². The van der Waals surface area contributed by atoms with Crippen molar-refractivity contribution < 1.29 is 4.42 Å². The third-order valence-electron chi connectivity index (χ3n) is 2.07. The average molecular weight is 265 g/mol. The van der Waals surface area contributed by atoms with Crippen molar-refractivity contribution in [3.05, 3.63) is 35.5 Å². The molecular formula is C9H5BrN4O. The zero-order chi connectivity index (χ0) is 10.3. The molecule has 74 valence electrons. The number of hydrogen-bond donors (Lipinski definition) is 0. The van der Waals surface area contributed by atoms with Gasteiger partial charge in [-0.2, -0.15) is 0 Å². The van der Waals surface area contributed by atoms with Gasteiger partial charge in [0.05, 0.1) is 11.8 Å². The van der Waals surface area contributed by atoms with Crippen molar-refractivity contribution >= 4 is 21.6 Å². The molecule has 0 atom stereocenters. The van der Waals surface area contributed by atoms with Gasteiger partial charge in [0.25, 0.3) is 0 Å². The van der Waals surface area contributed by atoms with E-state index < -0.39 is 0 Å². The van der Waals surface area contributed by atoms with E-state index in [9.17, 15) is 0 Å². The van der Waals surface area contributed by atoms with Gasteiger partial charge in [-0.1, -0.05) is 0 Å². The Hall–Kier alpha value is -1.69. The molecule has 3 heterocycles. The zero-order valence-corrected chi connectivity index (χ0v) is 9.05. The first kappa shape index (κ1) is 8.60. The van der Waals surface area contributed by atoms with Gasteiger partial charge in [0, 0.05) is 6.20 Å². The fourth-order valence-corrected chi connectivity index (χ4v) is 1.76. The van der Waals surface area contributed by atoms with Gasteiger partial charge in [-0.05, 0) is 28.1 Å². The molecule has 0 saturated carbocycles. The summed E-state index contributed by atoms with van der Waals surface area (Å²) in [7, 11) is 0. The van der Waals surface area contributed by atoms with Gasteiger partial charge in [-0.3, -0.25) is 4.40 Å². The Balaban J connectivity index is 2.25. The highest BCUT2D eigenvalue weighted by molar-refractivity contribution is 9.10. The first-order valence-corrected chi connectivity index (χ1v) is 5.03. The predicted octanol–water partition coefficient (Wildman–Crippen LogP) is 2.15. The minimum Gasteiger partial charge on any atom is -0.423 e. The summed E-state index contributed by atoms with van der Waals surface area (Å²) in [6, 6.07) is 3.78. The van der Waals surface area contributed by atoms with Crippen LogP contribution in [0.5, 0.6) is 0 Å². The Morgan fingerprint density at radius 3 is 3.07 bits per heavy atom. The monoisotopic (exact) mass is 264 g/mol. The highest BCUT2D eigenvalue weighted by atomic mass is 79.9. The molecule has 3 rings (SSSR count). The molecule has 3 aromatic rings. The minimum atomic E-state index is 0.498. The summed E-state index contributed by atoms with van der Waals surface area (Å²) in [4.78, 5) is 4.19. The van der Waals surface area contributed by atoms with Crippen molar-refractivity contribution in [3.63, 3.8) is 0 Å². The summed E-state index contributed by atoms with van der Waals surface area (Å²) in [5.74, 6) is 0.498. The van der Waals surface area contributed by atoms with E-state index in [0.717, 1.165) is 15.8 Å². The van der Waals surface area contributed by atoms with Gasteiger partial charge < -0.3 is 4.42 Å². The summed E-state index contributed by atoms with van der Waals surface area (Å²) < 4.78 is 7.90. The molecular weight excluding hydrogens is 260 g/mol. The van der Waals surface area contributed by atoms with Gasteiger partial charge in [0.1, 0.15) is 10.3 Å². The van der Waals surface area contributed by atoms with Crippen LogP contribution >= 0.6 is 15.9 Å². The van der Waals surface area contributed by atoms with Gasteiger partial charge in [-0.15, -0.1) is 10.2 Å². The van der Waals surface area contributed by atoms with Crippen LogP contribution in [0.3, 0.4) is 0 Å². The number of fused-ring (bicyclic) bond motifs is 1. The maximum absolute atomic E-state index is 5.11. The maximum Gasteiger partial charge on any atom is 0.248 e. The summed E-state index contributed by atoms with van der Waals surface area (Å²) in [5, 5.41) is 7.48. The highest BCUT2D eigenvalue weighted by Crippen LogP contribution is 2.20. The highest BCUT2D eigenvalue weighted by Gasteiger charge is 2.06. The molecule has 3 aromatic heterocycles. The molecule has 0 N–H and O–H groups in total. The van der Waals surface area contributed by atoms with Crippen molar-refractivity contribution in [3.8, 4) is 11.5 Å². The van der Waals surface area contributed by atoms with Crippen molar-refractivity contribution in [2.24, 2.45) is 0 Å². The topological polar surface area (TPSA) is 56.2 Å². The molecule has 0 aliphatic carbocycles. The second kappa shape index (κ2) is 3.16. The van der Waals surface area contributed by atoms with Crippen molar-refractivity contribution in [2.75, 3.05) is 0 Å². The standard InChI is InChI=1S/C9H5BrN4O/c10-7-3-11-8-2-1-6(4-14(7)8)9-13-12-5-15-9/h1-5H. The molecule has 0 bridgehead atoms. The van der Waals surface area contributed by atoms with Crippen LogP contribution in [0, 0.1) is 0 Å². The minimum absolute atomic E-state index is 0.498. The molecule has 15 heavy (non-hydrogen) atoms. The SMILES string of the molecule is Brc1cnc2ccc(-c3nnco3)cn12. The molecule has 5 nitrogen and oxygen atoms in total. The summed E-state index contributed by atoms with van der Waals surface area (Å²) in [5.41, 5.74) is 1.73. The van der Waals surface area contributed by atoms with Gasteiger partial charge >= 0.3 is 0 Å². The zero-order valence-electron chi connectivity index (χ0n) is 7.46. The summed E-state index contributed by atoms with van der Waals surface area (Å²) >= 11 is 3.40. The lowest BCUT2D eigenvalue weighted by Crippen LogP contribution is -1.87. The lowest BCUT2D eigenvalue weighted by molar-refractivity contribution is 0.568. The van der Waals surface area contributed by atoms with E-state index in [1.54, 1.807) is 6.20 Å². The smallest absolute Gasteiger partial charge is 0.248 e. The maximum atomic E-state index is 5.11. The Bertz CT molecular complexity index is 602. The fourth-order valence-electron chi connectivity index (χ4n) is 1.38. The number of halogens is 1. The first-order valence-electron chi connectivity index (χ1n) is 4.24. The molecule has 0 spiro atoms. The van der Waals surface area contributed by atoms with Crippen LogP contribution in [-0.2, 0) is 0 Å². The Morgan fingerprint density at radius 1 is 1.33 bits per heavy atom. The summed E-state index contributed by atoms with van der Waals surface area (Å²) in [6.07, 6.45) is 4.94. The number of nitrogens with zero attached hydrogens (tertiary/aromatic N) is 4. The molecule has 0 unspecified atom stereocenters. The number of imidazole rings is 1. The van der Waals surface area contributed by atoms with Crippen LogP contribution in [0.4, 0.5) is 0 Å². The van der Waals surface area contributed by atoms with E-state index in [1.807, 2.05) is 22.7 Å². The van der Waals surface area contributed by atoms with Crippen LogP contribution in [0.1, 0.15) is 0 Å². The van der Waals surface area contributed by atoms with E-state index in [-0.39, 0.29) is 0 Å². The van der Waals surface area contributed by atoms with Crippen LogP contribution in [0.15, 0.2) is 39.9 Å². The molecule has 0 amide bonds.